The quantitative estimate of drug-likeness (QED) is 0.165. The van der Waals surface area contributed by atoms with Crippen LogP contribution in [0.2, 0.25) is 0 Å². The maximum Gasteiger partial charge on any atom is 0.573 e. The first-order valence-corrected chi connectivity index (χ1v) is 14.6. The van der Waals surface area contributed by atoms with Gasteiger partial charge in [0.1, 0.15) is 10.6 Å². The number of aryl methyl sites for hydroxylation is 1. The second-order valence-electron chi connectivity index (χ2n) is 8.82. The van der Waals surface area contributed by atoms with Crippen molar-refractivity contribution in [3.63, 3.8) is 0 Å². The van der Waals surface area contributed by atoms with Gasteiger partial charge in [0.15, 0.2) is 0 Å². The first-order chi connectivity index (χ1) is 19.9. The van der Waals surface area contributed by atoms with Crippen LogP contribution in [-0.2, 0) is 16.7 Å². The molecular weight excluding hydrogens is 591 g/mol. The van der Waals surface area contributed by atoms with Gasteiger partial charge in [0.05, 0.1) is 16.1 Å². The van der Waals surface area contributed by atoms with E-state index in [0.29, 0.717) is 22.8 Å². The van der Waals surface area contributed by atoms with Crippen LogP contribution < -0.4 is 15.4 Å². The molecule has 8 nitrogen and oxygen atoms in total. The SMILES string of the molecule is Cc1ccc(S(=O)(=O)O)cc1.O=C(Nc1ccc(OC(F)(F)F)cc1)c1sccc1NCc1ccnc2ccccc12. The summed E-state index contributed by atoms with van der Waals surface area (Å²) in [4.78, 5) is 17.4. The number of carbonyl (C=O) groups is 1. The van der Waals surface area contributed by atoms with Crippen molar-refractivity contribution in [2.75, 3.05) is 10.6 Å². The molecule has 13 heteroatoms. The van der Waals surface area contributed by atoms with Crippen molar-refractivity contribution in [2.24, 2.45) is 0 Å². The number of ether oxygens (including phenoxy) is 1. The summed E-state index contributed by atoms with van der Waals surface area (Å²) in [6.45, 7) is 2.34. The minimum absolute atomic E-state index is 0.0666. The predicted octanol–water partition coefficient (Wildman–Crippen LogP) is 7.30. The molecule has 218 valence electrons. The van der Waals surface area contributed by atoms with Gasteiger partial charge in [0, 0.05) is 23.8 Å². The number of halogens is 3. The smallest absolute Gasteiger partial charge is 0.406 e. The van der Waals surface area contributed by atoms with Gasteiger partial charge >= 0.3 is 6.36 Å². The van der Waals surface area contributed by atoms with Crippen molar-refractivity contribution in [3.8, 4) is 5.75 Å². The number of alkyl halides is 3. The van der Waals surface area contributed by atoms with Gasteiger partial charge in [0.25, 0.3) is 16.0 Å². The van der Waals surface area contributed by atoms with Crippen LogP contribution in [0.3, 0.4) is 0 Å². The predicted molar refractivity (Wildman–Crippen MR) is 155 cm³/mol. The third-order valence-corrected chi connectivity index (χ3v) is 7.53. The molecule has 3 N–H and O–H groups in total. The molecule has 0 radical (unpaired) electrons. The number of hydrogen-bond donors (Lipinski definition) is 3. The van der Waals surface area contributed by atoms with Crippen molar-refractivity contribution in [1.82, 2.24) is 4.98 Å². The lowest BCUT2D eigenvalue weighted by Crippen LogP contribution is -2.17. The average Bonchev–Trinajstić information content (AvgIpc) is 3.41. The van der Waals surface area contributed by atoms with Crippen LogP contribution in [0.25, 0.3) is 10.9 Å². The van der Waals surface area contributed by atoms with E-state index < -0.39 is 16.5 Å². The lowest BCUT2D eigenvalue weighted by atomic mass is 10.1. The van der Waals surface area contributed by atoms with E-state index in [1.807, 2.05) is 43.3 Å². The van der Waals surface area contributed by atoms with E-state index >= 15 is 0 Å². The van der Waals surface area contributed by atoms with Gasteiger partial charge in [-0.1, -0.05) is 35.9 Å². The fourth-order valence-corrected chi connectivity index (χ4v) is 5.01. The Balaban J connectivity index is 0.000000310. The molecule has 0 spiro atoms. The summed E-state index contributed by atoms with van der Waals surface area (Å²) < 4.78 is 70.2. The van der Waals surface area contributed by atoms with Crippen molar-refractivity contribution in [3.05, 3.63) is 113 Å². The number of benzene rings is 3. The molecule has 0 bridgehead atoms. The van der Waals surface area contributed by atoms with Crippen LogP contribution in [0.15, 0.2) is 101 Å². The largest absolute Gasteiger partial charge is 0.573 e. The van der Waals surface area contributed by atoms with E-state index in [4.69, 9.17) is 4.55 Å². The van der Waals surface area contributed by atoms with Gasteiger partial charge < -0.3 is 15.4 Å². The number of pyridine rings is 1. The molecule has 5 rings (SSSR count). The number of aromatic nitrogens is 1. The number of nitrogens with one attached hydrogen (secondary N) is 2. The second kappa shape index (κ2) is 13.0. The number of nitrogens with zero attached hydrogens (tertiary/aromatic N) is 1. The van der Waals surface area contributed by atoms with E-state index in [-0.39, 0.29) is 16.6 Å². The highest BCUT2D eigenvalue weighted by Gasteiger charge is 2.31. The van der Waals surface area contributed by atoms with Crippen molar-refractivity contribution < 1.29 is 35.7 Å². The fraction of sp³-hybridized carbons (Fsp3) is 0.103. The number of thiophene rings is 1. The summed E-state index contributed by atoms with van der Waals surface area (Å²) in [7, 11) is -4.02. The molecule has 2 aromatic heterocycles. The number of rotatable bonds is 7. The molecular formula is C29H24F3N3O5S2. The Labute approximate surface area is 243 Å². The molecule has 0 atom stereocenters. The monoisotopic (exact) mass is 615 g/mol. The molecule has 3 aromatic carbocycles. The van der Waals surface area contributed by atoms with Gasteiger partial charge in [0.2, 0.25) is 0 Å². The van der Waals surface area contributed by atoms with Crippen LogP contribution >= 0.6 is 11.3 Å². The van der Waals surface area contributed by atoms with Crippen LogP contribution in [0.1, 0.15) is 20.8 Å². The molecule has 2 heterocycles. The van der Waals surface area contributed by atoms with E-state index in [1.165, 1.54) is 35.6 Å². The van der Waals surface area contributed by atoms with E-state index in [2.05, 4.69) is 20.4 Å². The minimum atomic E-state index is -4.76. The van der Waals surface area contributed by atoms with Gasteiger partial charge in [-0.3, -0.25) is 14.3 Å². The molecule has 1 amide bonds. The summed E-state index contributed by atoms with van der Waals surface area (Å²) in [5, 5.41) is 8.79. The maximum atomic E-state index is 12.7. The minimum Gasteiger partial charge on any atom is -0.406 e. The van der Waals surface area contributed by atoms with Crippen LogP contribution in [0.5, 0.6) is 5.75 Å². The zero-order valence-corrected chi connectivity index (χ0v) is 23.6. The summed E-state index contributed by atoms with van der Waals surface area (Å²) >= 11 is 1.27. The van der Waals surface area contributed by atoms with Gasteiger partial charge in [-0.15, -0.1) is 24.5 Å². The molecule has 42 heavy (non-hydrogen) atoms. The Kier molecular flexibility index (Phi) is 9.45. The zero-order valence-electron chi connectivity index (χ0n) is 21.9. The zero-order chi connectivity index (χ0) is 30.3. The van der Waals surface area contributed by atoms with Crippen LogP contribution in [-0.4, -0.2) is 30.2 Å². The van der Waals surface area contributed by atoms with E-state index in [0.717, 1.165) is 34.2 Å². The summed E-state index contributed by atoms with van der Waals surface area (Å²) in [6.07, 6.45) is -3.02. The Bertz CT molecular complexity index is 1770. The molecule has 0 aliphatic rings. The average molecular weight is 616 g/mol. The normalized spacial score (nSPS) is 11.4. The topological polar surface area (TPSA) is 118 Å². The molecule has 0 fully saturated rings. The third kappa shape index (κ3) is 8.52. The Morgan fingerprint density at radius 1 is 0.976 bits per heavy atom. The molecule has 0 aliphatic carbocycles. The Morgan fingerprint density at radius 3 is 2.33 bits per heavy atom. The number of hydrogen-bond acceptors (Lipinski definition) is 7. The first-order valence-electron chi connectivity index (χ1n) is 12.2. The summed E-state index contributed by atoms with van der Waals surface area (Å²) in [5.41, 5.74) is 3.92. The number of amides is 1. The summed E-state index contributed by atoms with van der Waals surface area (Å²) in [5.74, 6) is -0.713. The Morgan fingerprint density at radius 2 is 1.67 bits per heavy atom. The molecule has 0 saturated heterocycles. The molecule has 5 aromatic rings. The highest BCUT2D eigenvalue weighted by Crippen LogP contribution is 2.27. The highest BCUT2D eigenvalue weighted by molar-refractivity contribution is 7.85. The summed E-state index contributed by atoms with van der Waals surface area (Å²) in [6, 6.07) is 22.5. The molecule has 0 aliphatic heterocycles. The lowest BCUT2D eigenvalue weighted by molar-refractivity contribution is -0.274. The standard InChI is InChI=1S/C22H16F3N3O2S.C7H8O3S/c23-22(24,25)30-16-7-5-15(6-8-16)28-21(29)20-19(10-12-31-20)27-13-14-9-11-26-18-4-2-1-3-17(14)18;1-6-2-4-7(5-3-6)11(8,9)10/h1-12,27H,13H2,(H,28,29);2-5H,1H3,(H,8,9,10). The number of fused-ring (bicyclic) bond motifs is 1. The third-order valence-electron chi connectivity index (χ3n) is 5.74. The fourth-order valence-electron chi connectivity index (χ4n) is 3.76. The Hall–Kier alpha value is -4.46. The maximum absolute atomic E-state index is 12.7. The first kappa shape index (κ1) is 30.5. The van der Waals surface area contributed by atoms with Crippen LogP contribution in [0, 0.1) is 6.92 Å². The second-order valence-corrected chi connectivity index (χ2v) is 11.2. The molecule has 0 saturated carbocycles. The number of para-hydroxylation sites is 1. The van der Waals surface area contributed by atoms with Gasteiger partial charge in [-0.25, -0.2) is 0 Å². The highest BCUT2D eigenvalue weighted by atomic mass is 32.2. The van der Waals surface area contributed by atoms with Crippen LogP contribution in [0.4, 0.5) is 24.5 Å². The van der Waals surface area contributed by atoms with Crippen molar-refractivity contribution in [2.45, 2.75) is 24.7 Å². The van der Waals surface area contributed by atoms with E-state index in [1.54, 1.807) is 23.7 Å². The number of carbonyl (C=O) groups excluding carboxylic acids is 1. The molecule has 0 unspecified atom stereocenters. The van der Waals surface area contributed by atoms with Gasteiger partial charge in [-0.2, -0.15) is 8.42 Å². The lowest BCUT2D eigenvalue weighted by Gasteiger charge is -2.11. The van der Waals surface area contributed by atoms with E-state index in [9.17, 15) is 26.4 Å². The van der Waals surface area contributed by atoms with Crippen molar-refractivity contribution in [1.29, 1.82) is 0 Å². The van der Waals surface area contributed by atoms with Gasteiger partial charge in [-0.05, 0) is 72.5 Å². The number of anilines is 2. The van der Waals surface area contributed by atoms with Crippen molar-refractivity contribution >= 4 is 49.6 Å².